The van der Waals surface area contributed by atoms with Crippen LogP contribution in [-0.4, -0.2) is 13.1 Å². The molecule has 4 heteroatoms. The summed E-state index contributed by atoms with van der Waals surface area (Å²) >= 11 is 0. The number of para-hydroxylation sites is 1. The predicted octanol–water partition coefficient (Wildman–Crippen LogP) is 3.46. The second kappa shape index (κ2) is 5.65. The third-order valence-electron chi connectivity index (χ3n) is 3.22. The second-order valence-electron chi connectivity index (χ2n) is 4.52. The molecule has 0 aliphatic heterocycles. The highest BCUT2D eigenvalue weighted by Gasteiger charge is 2.17. The number of aryl methyl sites for hydroxylation is 1. The van der Waals surface area contributed by atoms with Gasteiger partial charge in [0.05, 0.1) is 12.8 Å². The molecule has 0 aliphatic carbocycles. The summed E-state index contributed by atoms with van der Waals surface area (Å²) in [4.78, 5) is 11.8. The molecule has 0 atom stereocenters. The van der Waals surface area contributed by atoms with Crippen LogP contribution in [0.1, 0.15) is 21.5 Å². The standard InChI is InChI=1S/C16H17NO3/c1-10-6-4-9-14(11(10)2)20-15-12(16(18)19-3)7-5-8-13(15)17/h4-9H,17H2,1-3H3. The lowest BCUT2D eigenvalue weighted by Gasteiger charge is -2.14. The average molecular weight is 271 g/mol. The van der Waals surface area contributed by atoms with E-state index in [0.29, 0.717) is 22.7 Å². The number of carbonyl (C=O) groups excluding carboxylic acids is 1. The quantitative estimate of drug-likeness (QED) is 0.686. The highest BCUT2D eigenvalue weighted by Crippen LogP contribution is 2.34. The molecular weight excluding hydrogens is 254 g/mol. The van der Waals surface area contributed by atoms with Crippen LogP contribution in [0, 0.1) is 13.8 Å². The van der Waals surface area contributed by atoms with Crippen LogP contribution in [-0.2, 0) is 4.74 Å². The Kier molecular flexibility index (Phi) is 3.94. The molecule has 2 aromatic rings. The van der Waals surface area contributed by atoms with Gasteiger partial charge in [-0.2, -0.15) is 0 Å². The number of ether oxygens (including phenoxy) is 2. The molecular formula is C16H17NO3. The first-order chi connectivity index (χ1) is 9.54. The van der Waals surface area contributed by atoms with E-state index in [1.165, 1.54) is 7.11 Å². The van der Waals surface area contributed by atoms with Crippen molar-refractivity contribution < 1.29 is 14.3 Å². The lowest BCUT2D eigenvalue weighted by Crippen LogP contribution is -2.06. The summed E-state index contributed by atoms with van der Waals surface area (Å²) in [5, 5.41) is 0. The maximum atomic E-state index is 11.8. The molecule has 20 heavy (non-hydrogen) atoms. The lowest BCUT2D eigenvalue weighted by molar-refractivity contribution is 0.0598. The molecule has 0 unspecified atom stereocenters. The number of nitrogens with two attached hydrogens (primary N) is 1. The number of esters is 1. The first-order valence-corrected chi connectivity index (χ1v) is 6.25. The van der Waals surface area contributed by atoms with Crippen molar-refractivity contribution in [2.75, 3.05) is 12.8 Å². The molecule has 0 spiro atoms. The fraction of sp³-hybridized carbons (Fsp3) is 0.188. The molecule has 0 aromatic heterocycles. The largest absolute Gasteiger partial charge is 0.465 e. The van der Waals surface area contributed by atoms with E-state index in [1.807, 2.05) is 32.0 Å². The van der Waals surface area contributed by atoms with E-state index < -0.39 is 5.97 Å². The summed E-state index contributed by atoms with van der Waals surface area (Å²) in [6, 6.07) is 10.7. The van der Waals surface area contributed by atoms with Crippen LogP contribution in [0.3, 0.4) is 0 Å². The van der Waals surface area contributed by atoms with E-state index >= 15 is 0 Å². The van der Waals surface area contributed by atoms with Crippen LogP contribution in [0.4, 0.5) is 5.69 Å². The number of nitrogen functional groups attached to an aromatic ring is 1. The summed E-state index contributed by atoms with van der Waals surface area (Å²) in [5.41, 5.74) is 8.74. The van der Waals surface area contributed by atoms with Gasteiger partial charge in [0.2, 0.25) is 0 Å². The Hall–Kier alpha value is -2.49. The van der Waals surface area contributed by atoms with Crippen LogP contribution >= 0.6 is 0 Å². The zero-order chi connectivity index (χ0) is 14.7. The molecule has 0 saturated carbocycles. The molecule has 0 bridgehead atoms. The Morgan fingerprint density at radius 3 is 2.50 bits per heavy atom. The summed E-state index contributed by atoms with van der Waals surface area (Å²) in [6.07, 6.45) is 0. The van der Waals surface area contributed by atoms with Gasteiger partial charge in [0.25, 0.3) is 0 Å². The smallest absolute Gasteiger partial charge is 0.341 e. The van der Waals surface area contributed by atoms with Gasteiger partial charge in [-0.15, -0.1) is 0 Å². The number of hydrogen-bond acceptors (Lipinski definition) is 4. The number of carbonyl (C=O) groups is 1. The average Bonchev–Trinajstić information content (AvgIpc) is 2.45. The van der Waals surface area contributed by atoms with Gasteiger partial charge in [-0.25, -0.2) is 4.79 Å². The van der Waals surface area contributed by atoms with E-state index in [9.17, 15) is 4.79 Å². The molecule has 0 amide bonds. The Morgan fingerprint density at radius 2 is 1.80 bits per heavy atom. The van der Waals surface area contributed by atoms with Gasteiger partial charge in [-0.05, 0) is 43.2 Å². The summed E-state index contributed by atoms with van der Waals surface area (Å²) in [7, 11) is 1.33. The van der Waals surface area contributed by atoms with Crippen molar-refractivity contribution in [3.8, 4) is 11.5 Å². The Morgan fingerprint density at radius 1 is 1.10 bits per heavy atom. The summed E-state index contributed by atoms with van der Waals surface area (Å²) in [5.74, 6) is 0.527. The molecule has 2 N–H and O–H groups in total. The van der Waals surface area contributed by atoms with Crippen molar-refractivity contribution in [2.24, 2.45) is 0 Å². The molecule has 4 nitrogen and oxygen atoms in total. The second-order valence-corrected chi connectivity index (χ2v) is 4.52. The van der Waals surface area contributed by atoms with Crippen molar-refractivity contribution in [1.82, 2.24) is 0 Å². The van der Waals surface area contributed by atoms with Gasteiger partial charge < -0.3 is 15.2 Å². The SMILES string of the molecule is COC(=O)c1cccc(N)c1Oc1cccc(C)c1C. The molecule has 0 saturated heterocycles. The summed E-state index contributed by atoms with van der Waals surface area (Å²) < 4.78 is 10.6. The normalized spacial score (nSPS) is 10.2. The van der Waals surface area contributed by atoms with Crippen LogP contribution in [0.25, 0.3) is 0 Å². The maximum absolute atomic E-state index is 11.8. The van der Waals surface area contributed by atoms with Gasteiger partial charge in [-0.3, -0.25) is 0 Å². The fourth-order valence-corrected chi connectivity index (χ4v) is 1.88. The van der Waals surface area contributed by atoms with Crippen molar-refractivity contribution in [1.29, 1.82) is 0 Å². The number of hydrogen-bond donors (Lipinski definition) is 1. The highest BCUT2D eigenvalue weighted by molar-refractivity contribution is 5.94. The highest BCUT2D eigenvalue weighted by atomic mass is 16.5. The van der Waals surface area contributed by atoms with Gasteiger partial charge >= 0.3 is 5.97 Å². The summed E-state index contributed by atoms with van der Waals surface area (Å²) in [6.45, 7) is 3.96. The van der Waals surface area contributed by atoms with Crippen LogP contribution in [0.5, 0.6) is 11.5 Å². The minimum atomic E-state index is -0.474. The number of anilines is 1. The van der Waals surface area contributed by atoms with Crippen molar-refractivity contribution in [2.45, 2.75) is 13.8 Å². The molecule has 0 fully saturated rings. The topological polar surface area (TPSA) is 61.5 Å². The van der Waals surface area contributed by atoms with E-state index in [2.05, 4.69) is 0 Å². The maximum Gasteiger partial charge on any atom is 0.341 e. The molecule has 0 heterocycles. The van der Waals surface area contributed by atoms with Crippen LogP contribution < -0.4 is 10.5 Å². The van der Waals surface area contributed by atoms with Gasteiger partial charge in [0.15, 0.2) is 5.75 Å². The Balaban J connectivity index is 2.48. The van der Waals surface area contributed by atoms with Crippen molar-refractivity contribution >= 4 is 11.7 Å². The number of benzene rings is 2. The van der Waals surface area contributed by atoms with Crippen molar-refractivity contribution in [3.05, 3.63) is 53.1 Å². The van der Waals surface area contributed by atoms with Crippen LogP contribution in [0.2, 0.25) is 0 Å². The molecule has 0 aliphatic rings. The molecule has 0 radical (unpaired) electrons. The van der Waals surface area contributed by atoms with Gasteiger partial charge in [-0.1, -0.05) is 18.2 Å². The minimum Gasteiger partial charge on any atom is -0.465 e. The third-order valence-corrected chi connectivity index (χ3v) is 3.22. The Bertz CT molecular complexity index is 650. The van der Waals surface area contributed by atoms with Gasteiger partial charge in [0.1, 0.15) is 11.3 Å². The molecule has 2 aromatic carbocycles. The van der Waals surface area contributed by atoms with Crippen LogP contribution in [0.15, 0.2) is 36.4 Å². The van der Waals surface area contributed by atoms with E-state index in [4.69, 9.17) is 15.2 Å². The monoisotopic (exact) mass is 271 g/mol. The first-order valence-electron chi connectivity index (χ1n) is 6.25. The van der Waals surface area contributed by atoms with Gasteiger partial charge in [0, 0.05) is 0 Å². The van der Waals surface area contributed by atoms with Crippen molar-refractivity contribution in [3.63, 3.8) is 0 Å². The fourth-order valence-electron chi connectivity index (χ4n) is 1.88. The van der Waals surface area contributed by atoms with E-state index in [1.54, 1.807) is 18.2 Å². The third kappa shape index (κ3) is 2.59. The minimum absolute atomic E-state index is 0.313. The zero-order valence-corrected chi connectivity index (χ0v) is 11.8. The number of rotatable bonds is 3. The molecule has 104 valence electrons. The first kappa shape index (κ1) is 13.9. The zero-order valence-electron chi connectivity index (χ0n) is 11.8. The number of methoxy groups -OCH3 is 1. The predicted molar refractivity (Wildman–Crippen MR) is 78.2 cm³/mol. The van der Waals surface area contributed by atoms with E-state index in [0.717, 1.165) is 11.1 Å². The lowest BCUT2D eigenvalue weighted by atomic mass is 10.1. The Labute approximate surface area is 118 Å². The molecule has 2 rings (SSSR count). The van der Waals surface area contributed by atoms with E-state index in [-0.39, 0.29) is 0 Å².